The van der Waals surface area contributed by atoms with Crippen molar-refractivity contribution in [2.24, 2.45) is 0 Å². The van der Waals surface area contributed by atoms with Crippen molar-refractivity contribution >= 4 is 45.0 Å². The number of benzene rings is 2. The van der Waals surface area contributed by atoms with Crippen molar-refractivity contribution in [2.45, 2.75) is 4.90 Å². The van der Waals surface area contributed by atoms with Gasteiger partial charge in [0.15, 0.2) is 5.11 Å². The Morgan fingerprint density at radius 1 is 1.06 bits per heavy atom. The Labute approximate surface area is 194 Å². The normalized spacial score (nSPS) is 11.2. The van der Waals surface area contributed by atoms with E-state index < -0.39 is 15.9 Å². The molecule has 168 valence electrons. The molecule has 0 spiro atoms. The largest absolute Gasteiger partial charge is 0.497 e. The minimum absolute atomic E-state index is 0.0879. The summed E-state index contributed by atoms with van der Waals surface area (Å²) in [5, 5.41) is 5.48. The lowest BCUT2D eigenvalue weighted by Crippen LogP contribution is -2.33. The molecule has 0 aliphatic carbocycles. The number of carbonyl (C=O) groups is 1. The highest BCUT2D eigenvalue weighted by molar-refractivity contribution is 7.89. The molecule has 0 saturated heterocycles. The zero-order valence-corrected chi connectivity index (χ0v) is 19.3. The first-order valence-electron chi connectivity index (χ1n) is 9.56. The maximum atomic E-state index is 12.7. The van der Waals surface area contributed by atoms with Crippen LogP contribution in [0.2, 0.25) is 0 Å². The van der Waals surface area contributed by atoms with Crippen molar-refractivity contribution in [3.63, 3.8) is 0 Å². The Kier molecular flexibility index (Phi) is 9.33. The number of thiocarbonyl (C=S) groups is 1. The lowest BCUT2D eigenvalue weighted by atomic mass is 10.2. The highest BCUT2D eigenvalue weighted by Gasteiger charge is 2.22. The van der Waals surface area contributed by atoms with Crippen LogP contribution in [0.5, 0.6) is 5.75 Å². The van der Waals surface area contributed by atoms with E-state index in [1.54, 1.807) is 37.5 Å². The van der Waals surface area contributed by atoms with Gasteiger partial charge in [0.05, 0.1) is 12.0 Å². The third kappa shape index (κ3) is 7.16. The zero-order valence-electron chi connectivity index (χ0n) is 17.7. The number of hydrogen-bond acceptors (Lipinski definition) is 5. The van der Waals surface area contributed by atoms with Gasteiger partial charge < -0.3 is 10.1 Å². The zero-order chi connectivity index (χ0) is 23.6. The molecule has 0 fully saturated rings. The van der Waals surface area contributed by atoms with Crippen LogP contribution in [0.4, 0.5) is 5.69 Å². The number of sulfonamides is 1. The second-order valence-corrected chi connectivity index (χ2v) is 8.82. The van der Waals surface area contributed by atoms with Crippen molar-refractivity contribution in [1.82, 2.24) is 9.62 Å². The van der Waals surface area contributed by atoms with Gasteiger partial charge in [-0.25, -0.2) is 8.42 Å². The maximum absolute atomic E-state index is 12.7. The van der Waals surface area contributed by atoms with Crippen molar-refractivity contribution in [3.05, 3.63) is 85.5 Å². The minimum atomic E-state index is -3.68. The molecule has 2 aromatic rings. The summed E-state index contributed by atoms with van der Waals surface area (Å²) in [5.41, 5.74) is 1.37. The summed E-state index contributed by atoms with van der Waals surface area (Å²) in [4.78, 5) is 12.2. The molecule has 9 heteroatoms. The molecule has 32 heavy (non-hydrogen) atoms. The van der Waals surface area contributed by atoms with Crippen LogP contribution in [0.25, 0.3) is 6.08 Å². The molecule has 7 nitrogen and oxygen atoms in total. The van der Waals surface area contributed by atoms with Crippen LogP contribution < -0.4 is 15.4 Å². The summed E-state index contributed by atoms with van der Waals surface area (Å²) in [6, 6.07) is 13.3. The summed E-state index contributed by atoms with van der Waals surface area (Å²) in [6.45, 7) is 7.53. The maximum Gasteiger partial charge on any atom is 0.250 e. The molecule has 0 unspecified atom stereocenters. The van der Waals surface area contributed by atoms with E-state index in [2.05, 4.69) is 23.8 Å². The molecule has 2 rings (SSSR count). The fraction of sp³-hybridized carbons (Fsp3) is 0.130. The highest BCUT2D eigenvalue weighted by Crippen LogP contribution is 2.18. The Balaban J connectivity index is 1.96. The molecule has 1 amide bonds. The van der Waals surface area contributed by atoms with Crippen LogP contribution in [0.3, 0.4) is 0 Å². The first kappa shape index (κ1) is 25.0. The Bertz CT molecular complexity index is 1080. The first-order chi connectivity index (χ1) is 15.3. The molecule has 0 radical (unpaired) electrons. The standard InChI is InChI=1S/C23H25N3O4S2/c1-4-16-26(17-5-2)32(28,29)21-13-9-19(10-14-21)24-23(31)25-22(27)15-8-18-6-11-20(30-3)12-7-18/h4-15H,1-2,16-17H2,3H3,(H2,24,25,27,31)/b15-8+. The fourth-order valence-electron chi connectivity index (χ4n) is 2.62. The van der Waals surface area contributed by atoms with Crippen molar-refractivity contribution < 1.29 is 17.9 Å². The summed E-state index contributed by atoms with van der Waals surface area (Å²) in [5.74, 6) is 0.326. The lowest BCUT2D eigenvalue weighted by Gasteiger charge is -2.19. The molecule has 0 aliphatic heterocycles. The SMILES string of the molecule is C=CCN(CC=C)S(=O)(=O)c1ccc(NC(=S)NC(=O)/C=C/c2ccc(OC)cc2)cc1. The van der Waals surface area contributed by atoms with Gasteiger partial charge >= 0.3 is 0 Å². The van der Waals surface area contributed by atoms with Gasteiger partial charge in [-0.3, -0.25) is 10.1 Å². The molecular weight excluding hydrogens is 446 g/mol. The molecule has 2 aromatic carbocycles. The van der Waals surface area contributed by atoms with Gasteiger partial charge in [-0.1, -0.05) is 24.3 Å². The average Bonchev–Trinajstić information content (AvgIpc) is 2.78. The molecule has 0 bridgehead atoms. The van der Waals surface area contributed by atoms with Crippen molar-refractivity contribution in [3.8, 4) is 5.75 Å². The van der Waals surface area contributed by atoms with Gasteiger partial charge in [-0.2, -0.15) is 4.31 Å². The van der Waals surface area contributed by atoms with E-state index in [9.17, 15) is 13.2 Å². The van der Waals surface area contributed by atoms with Gasteiger partial charge in [0, 0.05) is 24.9 Å². The van der Waals surface area contributed by atoms with Gasteiger partial charge in [0.25, 0.3) is 0 Å². The van der Waals surface area contributed by atoms with E-state index in [1.807, 2.05) is 12.1 Å². The molecule has 0 saturated carbocycles. The van der Waals surface area contributed by atoms with Gasteiger partial charge in [-0.05, 0) is 60.3 Å². The second kappa shape index (κ2) is 11.9. The third-order valence-corrected chi connectivity index (χ3v) is 6.25. The fourth-order valence-corrected chi connectivity index (χ4v) is 4.22. The molecule has 0 atom stereocenters. The lowest BCUT2D eigenvalue weighted by molar-refractivity contribution is -0.115. The van der Waals surface area contributed by atoms with Crippen molar-refractivity contribution in [2.75, 3.05) is 25.5 Å². The molecule has 0 aliphatic rings. The quantitative estimate of drug-likeness (QED) is 0.313. The number of rotatable bonds is 10. The second-order valence-electron chi connectivity index (χ2n) is 6.47. The van der Waals surface area contributed by atoms with E-state index >= 15 is 0 Å². The molecule has 2 N–H and O–H groups in total. The van der Waals surface area contributed by atoms with E-state index in [-0.39, 0.29) is 23.1 Å². The van der Waals surface area contributed by atoms with E-state index in [0.717, 1.165) is 11.3 Å². The number of amides is 1. The number of ether oxygens (including phenoxy) is 1. The van der Waals surface area contributed by atoms with Crippen LogP contribution in [0.15, 0.2) is 84.8 Å². The van der Waals surface area contributed by atoms with Crippen LogP contribution in [-0.2, 0) is 14.8 Å². The Morgan fingerprint density at radius 2 is 1.66 bits per heavy atom. The van der Waals surface area contributed by atoms with E-state index in [1.165, 1.54) is 34.7 Å². The Morgan fingerprint density at radius 3 is 2.19 bits per heavy atom. The monoisotopic (exact) mass is 471 g/mol. The number of nitrogens with zero attached hydrogens (tertiary/aromatic N) is 1. The number of carbonyl (C=O) groups excluding carboxylic acids is 1. The first-order valence-corrected chi connectivity index (χ1v) is 11.4. The smallest absolute Gasteiger partial charge is 0.250 e. The van der Waals surface area contributed by atoms with Crippen LogP contribution in [-0.4, -0.2) is 43.9 Å². The van der Waals surface area contributed by atoms with E-state index in [0.29, 0.717) is 5.69 Å². The van der Waals surface area contributed by atoms with Crippen LogP contribution in [0.1, 0.15) is 5.56 Å². The highest BCUT2D eigenvalue weighted by atomic mass is 32.2. The summed E-state index contributed by atoms with van der Waals surface area (Å²) in [6.07, 6.45) is 6.04. The summed E-state index contributed by atoms with van der Waals surface area (Å²) in [7, 11) is -2.10. The minimum Gasteiger partial charge on any atom is -0.497 e. The van der Waals surface area contributed by atoms with Gasteiger partial charge in [0.2, 0.25) is 15.9 Å². The number of nitrogens with one attached hydrogen (secondary N) is 2. The molecule has 0 aromatic heterocycles. The average molecular weight is 472 g/mol. The molecular formula is C23H25N3O4S2. The third-order valence-electron chi connectivity index (χ3n) is 4.20. The predicted octanol–water partition coefficient (Wildman–Crippen LogP) is 3.58. The summed E-state index contributed by atoms with van der Waals surface area (Å²) < 4.78 is 31.8. The Hall–Kier alpha value is -3.27. The number of hydrogen-bond donors (Lipinski definition) is 2. The predicted molar refractivity (Wildman–Crippen MR) is 132 cm³/mol. The van der Waals surface area contributed by atoms with Crippen LogP contribution >= 0.6 is 12.2 Å². The van der Waals surface area contributed by atoms with Crippen LogP contribution in [0, 0.1) is 0 Å². The van der Waals surface area contributed by atoms with Gasteiger partial charge in [-0.15, -0.1) is 13.2 Å². The number of methoxy groups -OCH3 is 1. The van der Waals surface area contributed by atoms with E-state index in [4.69, 9.17) is 17.0 Å². The topological polar surface area (TPSA) is 87.7 Å². The molecule has 0 heterocycles. The summed E-state index contributed by atoms with van der Waals surface area (Å²) >= 11 is 5.15. The van der Waals surface area contributed by atoms with Crippen molar-refractivity contribution in [1.29, 1.82) is 0 Å². The number of anilines is 1. The van der Waals surface area contributed by atoms with Gasteiger partial charge in [0.1, 0.15) is 5.75 Å².